The SMILES string of the molecule is COc1ccc([C@@H](CC(=O)NCCCn2cccn2)c2c(O)cc(C)oc2=O)c(OC)c1OC. The number of aromatic hydroxyl groups is 1. The maximum atomic E-state index is 12.9. The topological polar surface area (TPSA) is 125 Å². The zero-order valence-electron chi connectivity index (χ0n) is 19.7. The average Bonchev–Trinajstić information content (AvgIpc) is 3.33. The molecule has 0 aliphatic carbocycles. The fourth-order valence-electron chi connectivity index (χ4n) is 3.85. The summed E-state index contributed by atoms with van der Waals surface area (Å²) in [5, 5.41) is 17.6. The molecule has 10 nitrogen and oxygen atoms in total. The minimum Gasteiger partial charge on any atom is -0.507 e. The number of hydrogen-bond acceptors (Lipinski definition) is 8. The van der Waals surface area contributed by atoms with Gasteiger partial charge < -0.3 is 29.1 Å². The van der Waals surface area contributed by atoms with Crippen LogP contribution in [-0.2, 0) is 11.3 Å². The molecule has 1 atom stereocenters. The van der Waals surface area contributed by atoms with Crippen molar-refractivity contribution in [2.24, 2.45) is 0 Å². The van der Waals surface area contributed by atoms with Crippen LogP contribution in [0.4, 0.5) is 0 Å². The third-order valence-electron chi connectivity index (χ3n) is 5.38. The Balaban J connectivity index is 1.93. The van der Waals surface area contributed by atoms with Gasteiger partial charge in [0.2, 0.25) is 11.7 Å². The van der Waals surface area contributed by atoms with E-state index in [0.717, 1.165) is 0 Å². The van der Waals surface area contributed by atoms with Crippen LogP contribution in [0, 0.1) is 6.92 Å². The van der Waals surface area contributed by atoms with Crippen LogP contribution >= 0.6 is 0 Å². The van der Waals surface area contributed by atoms with Gasteiger partial charge in [-0.2, -0.15) is 5.10 Å². The maximum Gasteiger partial charge on any atom is 0.343 e. The number of ether oxygens (including phenoxy) is 3. The second-order valence-electron chi connectivity index (χ2n) is 7.60. The Hall–Kier alpha value is -3.95. The van der Waals surface area contributed by atoms with Gasteiger partial charge in [0.05, 0.1) is 26.9 Å². The first-order valence-electron chi connectivity index (χ1n) is 10.8. The van der Waals surface area contributed by atoms with E-state index in [-0.39, 0.29) is 35.2 Å². The second-order valence-corrected chi connectivity index (χ2v) is 7.60. The highest BCUT2D eigenvalue weighted by atomic mass is 16.5. The Labute approximate surface area is 197 Å². The molecule has 3 aromatic rings. The number of carbonyl (C=O) groups excluding carboxylic acids is 1. The Morgan fingerprint density at radius 1 is 1.21 bits per heavy atom. The molecular weight excluding hydrogens is 442 g/mol. The minimum atomic E-state index is -0.863. The highest BCUT2D eigenvalue weighted by Gasteiger charge is 2.30. The van der Waals surface area contributed by atoms with Gasteiger partial charge in [-0.3, -0.25) is 9.48 Å². The number of nitrogens with zero attached hydrogens (tertiary/aromatic N) is 2. The molecule has 10 heteroatoms. The van der Waals surface area contributed by atoms with E-state index in [4.69, 9.17) is 18.6 Å². The molecule has 0 saturated carbocycles. The third-order valence-corrected chi connectivity index (χ3v) is 5.38. The summed E-state index contributed by atoms with van der Waals surface area (Å²) in [5.41, 5.74) is -0.299. The molecule has 0 spiro atoms. The molecule has 0 unspecified atom stereocenters. The number of amides is 1. The summed E-state index contributed by atoms with van der Waals surface area (Å²) in [7, 11) is 4.40. The zero-order valence-corrected chi connectivity index (χ0v) is 19.7. The fraction of sp³-hybridized carbons (Fsp3) is 0.375. The van der Waals surface area contributed by atoms with E-state index < -0.39 is 11.5 Å². The van der Waals surface area contributed by atoms with Crippen molar-refractivity contribution in [3.05, 3.63) is 64.0 Å². The van der Waals surface area contributed by atoms with E-state index in [1.165, 1.54) is 27.4 Å². The lowest BCUT2D eigenvalue weighted by Crippen LogP contribution is -2.28. The number of methoxy groups -OCH3 is 3. The lowest BCUT2D eigenvalue weighted by molar-refractivity contribution is -0.121. The normalized spacial score (nSPS) is 11.6. The van der Waals surface area contributed by atoms with Crippen LogP contribution in [0.25, 0.3) is 0 Å². The lowest BCUT2D eigenvalue weighted by atomic mass is 9.87. The molecule has 0 aliphatic heterocycles. The summed E-state index contributed by atoms with van der Waals surface area (Å²) in [5.74, 6) is -0.153. The molecule has 2 aromatic heterocycles. The van der Waals surface area contributed by atoms with Crippen LogP contribution in [0.15, 0.2) is 45.9 Å². The first-order chi connectivity index (χ1) is 16.4. The molecule has 34 heavy (non-hydrogen) atoms. The van der Waals surface area contributed by atoms with Gasteiger partial charge in [-0.1, -0.05) is 6.07 Å². The number of benzene rings is 1. The van der Waals surface area contributed by atoms with Crippen LogP contribution < -0.4 is 25.2 Å². The number of carbonyl (C=O) groups is 1. The molecule has 2 N–H and O–H groups in total. The zero-order chi connectivity index (χ0) is 24.7. The summed E-state index contributed by atoms with van der Waals surface area (Å²) >= 11 is 0. The van der Waals surface area contributed by atoms with Gasteiger partial charge in [-0.15, -0.1) is 0 Å². The van der Waals surface area contributed by atoms with Gasteiger partial charge in [0.15, 0.2) is 11.5 Å². The van der Waals surface area contributed by atoms with Crippen molar-refractivity contribution in [1.29, 1.82) is 0 Å². The summed E-state index contributed by atoms with van der Waals surface area (Å²) in [6.45, 7) is 2.63. The molecule has 3 rings (SSSR count). The summed E-state index contributed by atoms with van der Waals surface area (Å²) in [6.07, 6.45) is 4.09. The van der Waals surface area contributed by atoms with E-state index in [2.05, 4.69) is 10.4 Å². The monoisotopic (exact) mass is 471 g/mol. The smallest absolute Gasteiger partial charge is 0.343 e. The highest BCUT2D eigenvalue weighted by Crippen LogP contribution is 2.45. The number of nitrogens with one attached hydrogen (secondary N) is 1. The minimum absolute atomic E-state index is 0.0391. The average molecular weight is 472 g/mol. The van der Waals surface area contributed by atoms with Crippen molar-refractivity contribution in [1.82, 2.24) is 15.1 Å². The first kappa shape index (κ1) is 24.7. The van der Waals surface area contributed by atoms with Crippen molar-refractivity contribution in [2.75, 3.05) is 27.9 Å². The lowest BCUT2D eigenvalue weighted by Gasteiger charge is -2.22. The number of aromatic nitrogens is 2. The molecular formula is C24H29N3O7. The van der Waals surface area contributed by atoms with Crippen LogP contribution in [-0.4, -0.2) is 48.7 Å². The summed E-state index contributed by atoms with van der Waals surface area (Å²) < 4.78 is 23.4. The summed E-state index contributed by atoms with van der Waals surface area (Å²) in [4.78, 5) is 25.6. The standard InChI is InChI=1S/C24H29N3O7/c1-15-13-18(28)21(24(30)34-15)17(14-20(29)25-9-5-11-27-12-6-10-26-27)16-7-8-19(31-2)23(33-4)22(16)32-3/h6-8,10,12-13,17,28H,5,9,11,14H2,1-4H3,(H,25,29)/t17-/m1/s1. The van der Waals surface area contributed by atoms with E-state index in [9.17, 15) is 14.7 Å². The number of hydrogen-bond donors (Lipinski definition) is 2. The molecule has 0 bridgehead atoms. The Morgan fingerprint density at radius 2 is 1.97 bits per heavy atom. The maximum absolute atomic E-state index is 12.9. The van der Waals surface area contributed by atoms with E-state index >= 15 is 0 Å². The van der Waals surface area contributed by atoms with Gasteiger partial charge in [-0.25, -0.2) is 4.79 Å². The Morgan fingerprint density at radius 3 is 2.59 bits per heavy atom. The van der Waals surface area contributed by atoms with Gasteiger partial charge in [0.1, 0.15) is 11.5 Å². The number of rotatable bonds is 11. The van der Waals surface area contributed by atoms with Crippen molar-refractivity contribution in [2.45, 2.75) is 32.2 Å². The van der Waals surface area contributed by atoms with Crippen molar-refractivity contribution in [3.8, 4) is 23.0 Å². The predicted molar refractivity (Wildman–Crippen MR) is 124 cm³/mol. The van der Waals surface area contributed by atoms with Crippen molar-refractivity contribution in [3.63, 3.8) is 0 Å². The molecule has 0 saturated heterocycles. The van der Waals surface area contributed by atoms with Gasteiger partial charge in [-0.05, 0) is 25.5 Å². The van der Waals surface area contributed by atoms with E-state index in [1.54, 1.807) is 29.9 Å². The van der Waals surface area contributed by atoms with Crippen LogP contribution in [0.3, 0.4) is 0 Å². The number of aryl methyl sites for hydroxylation is 2. The van der Waals surface area contributed by atoms with E-state index in [0.29, 0.717) is 36.6 Å². The summed E-state index contributed by atoms with van der Waals surface area (Å²) in [6, 6.07) is 6.51. The molecule has 1 aromatic carbocycles. The van der Waals surface area contributed by atoms with Crippen molar-refractivity contribution < 1.29 is 28.5 Å². The first-order valence-corrected chi connectivity index (χ1v) is 10.8. The quantitative estimate of drug-likeness (QED) is 0.409. The van der Waals surface area contributed by atoms with Crippen molar-refractivity contribution >= 4 is 5.91 Å². The van der Waals surface area contributed by atoms with Crippen LogP contribution in [0.5, 0.6) is 23.0 Å². The largest absolute Gasteiger partial charge is 0.507 e. The van der Waals surface area contributed by atoms with Crippen LogP contribution in [0.1, 0.15) is 35.6 Å². The molecule has 0 radical (unpaired) electrons. The van der Waals surface area contributed by atoms with Crippen LogP contribution in [0.2, 0.25) is 0 Å². The molecule has 2 heterocycles. The van der Waals surface area contributed by atoms with Gasteiger partial charge >= 0.3 is 5.63 Å². The predicted octanol–water partition coefficient (Wildman–Crippen LogP) is 2.60. The Kier molecular flexibility index (Phi) is 8.18. The van der Waals surface area contributed by atoms with Gasteiger partial charge in [0, 0.05) is 49.5 Å². The van der Waals surface area contributed by atoms with Gasteiger partial charge in [0.25, 0.3) is 0 Å². The molecule has 0 aliphatic rings. The fourth-order valence-corrected chi connectivity index (χ4v) is 3.85. The molecule has 182 valence electrons. The van der Waals surface area contributed by atoms with E-state index in [1.807, 2.05) is 12.3 Å². The second kappa shape index (κ2) is 11.3. The molecule has 1 amide bonds. The highest BCUT2D eigenvalue weighted by molar-refractivity contribution is 5.78. The Bertz CT molecular complexity index is 1170. The molecule has 0 fully saturated rings. The third kappa shape index (κ3) is 5.51.